The van der Waals surface area contributed by atoms with Crippen molar-refractivity contribution in [3.63, 3.8) is 0 Å². The van der Waals surface area contributed by atoms with Gasteiger partial charge in [0.15, 0.2) is 5.58 Å². The van der Waals surface area contributed by atoms with Crippen LogP contribution >= 0.6 is 11.6 Å². The van der Waals surface area contributed by atoms with Crippen molar-refractivity contribution >= 4 is 58.8 Å². The van der Waals surface area contributed by atoms with Crippen molar-refractivity contribution in [2.24, 2.45) is 0 Å². The van der Waals surface area contributed by atoms with E-state index in [4.69, 9.17) is 30.0 Å². The summed E-state index contributed by atoms with van der Waals surface area (Å²) in [6, 6.07) is 19.1. The molecule has 0 saturated heterocycles. The van der Waals surface area contributed by atoms with Crippen LogP contribution in [-0.2, 0) is 9.59 Å². The Kier molecular flexibility index (Phi) is 11.9. The van der Waals surface area contributed by atoms with Gasteiger partial charge in [-0.15, -0.1) is 0 Å². The maximum absolute atomic E-state index is 15.1. The molecule has 238 valence electrons. The molecular weight excluding hydrogens is 616 g/mol. The first-order valence-corrected chi connectivity index (χ1v) is 14.3. The van der Waals surface area contributed by atoms with Crippen LogP contribution in [-0.4, -0.2) is 45.6 Å². The van der Waals surface area contributed by atoms with E-state index < -0.39 is 11.6 Å². The molecule has 1 N–H and O–H groups in total. The number of para-hydroxylation sites is 1. The van der Waals surface area contributed by atoms with E-state index in [1.165, 1.54) is 31.3 Å². The number of benzene rings is 4. The number of nitrogens with zero attached hydrogens (tertiary/aromatic N) is 2. The predicted molar refractivity (Wildman–Crippen MR) is 178 cm³/mol. The van der Waals surface area contributed by atoms with Crippen LogP contribution in [0, 0.1) is 11.6 Å². The highest BCUT2D eigenvalue weighted by Gasteiger charge is 2.24. The van der Waals surface area contributed by atoms with Gasteiger partial charge in [-0.25, -0.2) is 13.8 Å². The number of halogens is 3. The average molecular weight is 648 g/mol. The zero-order valence-corrected chi connectivity index (χ0v) is 26.7. The maximum atomic E-state index is 15.1. The third kappa shape index (κ3) is 6.97. The summed E-state index contributed by atoms with van der Waals surface area (Å²) in [5.74, 6) is -0.730. The van der Waals surface area contributed by atoms with Crippen LogP contribution in [0.5, 0.6) is 0 Å². The van der Waals surface area contributed by atoms with Crippen molar-refractivity contribution in [1.29, 1.82) is 0 Å². The molecular formula is C35H32ClF2N3O5. The molecule has 6 rings (SSSR count). The van der Waals surface area contributed by atoms with E-state index in [1.54, 1.807) is 48.5 Å². The Hall–Kier alpha value is -5.35. The van der Waals surface area contributed by atoms with E-state index in [1.807, 2.05) is 46.4 Å². The molecule has 0 fully saturated rings. The highest BCUT2D eigenvalue weighted by molar-refractivity contribution is 6.34. The van der Waals surface area contributed by atoms with Crippen molar-refractivity contribution in [3.05, 3.63) is 95.0 Å². The summed E-state index contributed by atoms with van der Waals surface area (Å²) >= 11 is 6.26. The van der Waals surface area contributed by atoms with E-state index in [-0.39, 0.29) is 11.8 Å². The summed E-state index contributed by atoms with van der Waals surface area (Å²) in [6.07, 6.45) is 0. The number of carbonyl (C=O) groups is 3. The Balaban J connectivity index is 0.000000908. The standard InChI is InChI=1S/C31H22ClF2N3O3.C2H6.2CH2O/c1-35-30(38)27-22-14-21(25(37(2)3)15-26(22)39-28(27)16-7-9-19(33)10-8-16)17-11-18(13-20(34)12-17)31-36-24-6-4-5-23(32)29(24)40-31;3*1-2/h4-15H,1-3H3,(H,35,38);1-2H3;2*1H2. The molecule has 4 aromatic carbocycles. The SMILES string of the molecule is C=O.C=O.CC.CNC(=O)c1c(-c2ccc(F)cc2)oc2cc(N(C)C)c(-c3cc(F)cc(-c4nc5cccc(Cl)c5o4)c3)cc12. The lowest BCUT2D eigenvalue weighted by atomic mass is 9.96. The van der Waals surface area contributed by atoms with Gasteiger partial charge < -0.3 is 28.6 Å². The van der Waals surface area contributed by atoms with E-state index in [2.05, 4.69) is 10.3 Å². The molecule has 8 nitrogen and oxygen atoms in total. The minimum atomic E-state index is -0.489. The van der Waals surface area contributed by atoms with E-state index in [0.29, 0.717) is 60.7 Å². The normalized spacial score (nSPS) is 10.2. The monoisotopic (exact) mass is 647 g/mol. The Labute approximate surface area is 269 Å². The van der Waals surface area contributed by atoms with Gasteiger partial charge in [0.1, 0.15) is 42.1 Å². The summed E-state index contributed by atoms with van der Waals surface area (Å²) in [4.78, 5) is 35.4. The van der Waals surface area contributed by atoms with Gasteiger partial charge in [0.05, 0.1) is 10.6 Å². The molecule has 0 atom stereocenters. The summed E-state index contributed by atoms with van der Waals surface area (Å²) < 4.78 is 40.8. The van der Waals surface area contributed by atoms with Crippen LogP contribution in [0.15, 0.2) is 81.6 Å². The van der Waals surface area contributed by atoms with Crippen LogP contribution in [0.25, 0.3) is 56.0 Å². The molecule has 0 radical (unpaired) electrons. The quantitative estimate of drug-likeness (QED) is 0.200. The number of hydrogen-bond acceptors (Lipinski definition) is 7. The van der Waals surface area contributed by atoms with Crippen LogP contribution < -0.4 is 10.2 Å². The van der Waals surface area contributed by atoms with E-state index >= 15 is 4.39 Å². The summed E-state index contributed by atoms with van der Waals surface area (Å²) in [6.45, 7) is 8.00. The van der Waals surface area contributed by atoms with Crippen molar-refractivity contribution in [3.8, 4) is 33.9 Å². The number of carbonyl (C=O) groups excluding carboxylic acids is 3. The predicted octanol–water partition coefficient (Wildman–Crippen LogP) is 8.59. The number of fused-ring (bicyclic) bond motifs is 2. The summed E-state index contributed by atoms with van der Waals surface area (Å²) in [5, 5.41) is 3.60. The number of oxazole rings is 1. The van der Waals surface area contributed by atoms with Crippen LogP contribution in [0.1, 0.15) is 24.2 Å². The average Bonchev–Trinajstić information content (AvgIpc) is 3.69. The molecule has 0 aliphatic rings. The van der Waals surface area contributed by atoms with Gasteiger partial charge in [0.2, 0.25) is 5.89 Å². The fraction of sp³-hybridized carbons (Fsp3) is 0.143. The Morgan fingerprint density at radius 2 is 1.50 bits per heavy atom. The molecule has 6 aromatic rings. The van der Waals surface area contributed by atoms with Crippen LogP contribution in [0.4, 0.5) is 14.5 Å². The van der Waals surface area contributed by atoms with Crippen LogP contribution in [0.3, 0.4) is 0 Å². The lowest BCUT2D eigenvalue weighted by Crippen LogP contribution is -2.18. The number of hydrogen-bond donors (Lipinski definition) is 1. The molecule has 0 aliphatic heterocycles. The molecule has 0 unspecified atom stereocenters. The molecule has 0 bridgehead atoms. The number of nitrogens with one attached hydrogen (secondary N) is 1. The second-order valence-electron chi connectivity index (χ2n) is 9.49. The van der Waals surface area contributed by atoms with Gasteiger partial charge in [-0.05, 0) is 66.2 Å². The molecule has 0 aliphatic carbocycles. The number of rotatable bonds is 5. The van der Waals surface area contributed by atoms with Crippen molar-refractivity contribution in [2.45, 2.75) is 13.8 Å². The first kappa shape index (κ1) is 35.1. The van der Waals surface area contributed by atoms with E-state index in [0.717, 1.165) is 5.69 Å². The highest BCUT2D eigenvalue weighted by atomic mass is 35.5. The molecule has 2 heterocycles. The first-order valence-electron chi connectivity index (χ1n) is 13.9. The molecule has 46 heavy (non-hydrogen) atoms. The highest BCUT2D eigenvalue weighted by Crippen LogP contribution is 2.42. The lowest BCUT2D eigenvalue weighted by molar-refractivity contribution is -0.0987. The zero-order chi connectivity index (χ0) is 34.1. The number of furan rings is 1. The van der Waals surface area contributed by atoms with Gasteiger partial charge >= 0.3 is 0 Å². The van der Waals surface area contributed by atoms with Crippen molar-refractivity contribution in [1.82, 2.24) is 10.3 Å². The van der Waals surface area contributed by atoms with Crippen molar-refractivity contribution in [2.75, 3.05) is 26.0 Å². The molecule has 0 spiro atoms. The van der Waals surface area contributed by atoms with Gasteiger partial charge in [0.25, 0.3) is 5.91 Å². The lowest BCUT2D eigenvalue weighted by Gasteiger charge is -2.18. The first-order chi connectivity index (χ1) is 22.2. The Morgan fingerprint density at radius 1 is 0.848 bits per heavy atom. The maximum Gasteiger partial charge on any atom is 0.255 e. The summed E-state index contributed by atoms with van der Waals surface area (Å²) in [5.41, 5.74) is 4.63. The van der Waals surface area contributed by atoms with Gasteiger partial charge in [0, 0.05) is 55.0 Å². The second-order valence-corrected chi connectivity index (χ2v) is 9.90. The van der Waals surface area contributed by atoms with Gasteiger partial charge in [-0.3, -0.25) is 4.79 Å². The van der Waals surface area contributed by atoms with Gasteiger partial charge in [-0.2, -0.15) is 0 Å². The molecule has 11 heteroatoms. The van der Waals surface area contributed by atoms with E-state index in [9.17, 15) is 9.18 Å². The zero-order valence-electron chi connectivity index (χ0n) is 25.9. The third-order valence-electron chi connectivity index (χ3n) is 6.67. The largest absolute Gasteiger partial charge is 0.455 e. The topological polar surface area (TPSA) is 106 Å². The Bertz CT molecular complexity index is 1970. The number of anilines is 1. The number of amides is 1. The smallest absolute Gasteiger partial charge is 0.255 e. The number of aromatic nitrogens is 1. The fourth-order valence-corrected chi connectivity index (χ4v) is 5.00. The molecule has 2 aromatic heterocycles. The fourth-order valence-electron chi connectivity index (χ4n) is 4.80. The second kappa shape index (κ2) is 15.6. The Morgan fingerprint density at radius 3 is 2.11 bits per heavy atom. The third-order valence-corrected chi connectivity index (χ3v) is 6.97. The minimum absolute atomic E-state index is 0.226. The van der Waals surface area contributed by atoms with Crippen molar-refractivity contribution < 1.29 is 32.0 Å². The summed E-state index contributed by atoms with van der Waals surface area (Å²) in [7, 11) is 5.24. The van der Waals surface area contributed by atoms with Crippen LogP contribution in [0.2, 0.25) is 5.02 Å². The molecule has 1 amide bonds. The molecule has 0 saturated carbocycles. The minimum Gasteiger partial charge on any atom is -0.455 e. The van der Waals surface area contributed by atoms with Gasteiger partial charge in [-0.1, -0.05) is 31.5 Å².